The van der Waals surface area contributed by atoms with Crippen molar-refractivity contribution in [3.63, 3.8) is 0 Å². The molecule has 0 saturated heterocycles. The predicted molar refractivity (Wildman–Crippen MR) is 302 cm³/mol. The number of rotatable bonds is 56. The van der Waals surface area contributed by atoms with E-state index in [4.69, 9.17) is 14.2 Å². The van der Waals surface area contributed by atoms with Crippen molar-refractivity contribution in [2.45, 2.75) is 329 Å². The average molecular weight is 982 g/mol. The second-order valence-corrected chi connectivity index (χ2v) is 20.6. The average Bonchev–Trinajstić information content (AvgIpc) is 3.36. The Morgan fingerprint density at radius 3 is 0.871 bits per heavy atom. The van der Waals surface area contributed by atoms with Crippen LogP contribution in [0, 0.1) is 0 Å². The van der Waals surface area contributed by atoms with Crippen molar-refractivity contribution >= 4 is 17.9 Å². The lowest BCUT2D eigenvalue weighted by Crippen LogP contribution is -2.30. The van der Waals surface area contributed by atoms with E-state index >= 15 is 0 Å². The molecule has 0 heterocycles. The topological polar surface area (TPSA) is 78.9 Å². The maximum absolute atomic E-state index is 12.9. The number of esters is 3. The summed E-state index contributed by atoms with van der Waals surface area (Å²) in [5, 5.41) is 0. The Balaban J connectivity index is 4.29. The Labute approximate surface area is 435 Å². The van der Waals surface area contributed by atoms with Crippen LogP contribution in [0.15, 0.2) is 48.6 Å². The van der Waals surface area contributed by atoms with Gasteiger partial charge in [-0.15, -0.1) is 0 Å². The summed E-state index contributed by atoms with van der Waals surface area (Å²) in [6, 6.07) is 0. The van der Waals surface area contributed by atoms with Crippen molar-refractivity contribution in [3.8, 4) is 0 Å². The van der Waals surface area contributed by atoms with Crippen LogP contribution < -0.4 is 0 Å². The Bertz CT molecular complexity index is 1220. The van der Waals surface area contributed by atoms with Gasteiger partial charge in [0.05, 0.1) is 0 Å². The molecule has 0 fully saturated rings. The zero-order valence-electron chi connectivity index (χ0n) is 46.8. The summed E-state index contributed by atoms with van der Waals surface area (Å²) in [6.07, 6.45) is 72.8. The minimum Gasteiger partial charge on any atom is -0.462 e. The monoisotopic (exact) mass is 981 g/mol. The van der Waals surface area contributed by atoms with Crippen molar-refractivity contribution in [3.05, 3.63) is 48.6 Å². The molecule has 1 atom stereocenters. The van der Waals surface area contributed by atoms with Gasteiger partial charge in [-0.2, -0.15) is 0 Å². The molecule has 0 spiro atoms. The lowest BCUT2D eigenvalue weighted by molar-refractivity contribution is -0.166. The molecule has 70 heavy (non-hydrogen) atoms. The van der Waals surface area contributed by atoms with Crippen LogP contribution in [-0.4, -0.2) is 37.2 Å². The summed E-state index contributed by atoms with van der Waals surface area (Å²) in [5.74, 6) is -0.956. The molecule has 0 amide bonds. The quantitative estimate of drug-likeness (QED) is 0.0261. The molecule has 6 nitrogen and oxygen atoms in total. The third kappa shape index (κ3) is 56.3. The number of carbonyl (C=O) groups excluding carboxylic acids is 3. The summed E-state index contributed by atoms with van der Waals surface area (Å²) in [4.78, 5) is 38.1. The van der Waals surface area contributed by atoms with E-state index in [9.17, 15) is 14.4 Å². The summed E-state index contributed by atoms with van der Waals surface area (Å²) in [5.41, 5.74) is 0. The van der Waals surface area contributed by atoms with E-state index in [2.05, 4.69) is 63.3 Å². The van der Waals surface area contributed by atoms with Gasteiger partial charge in [-0.25, -0.2) is 0 Å². The zero-order valence-corrected chi connectivity index (χ0v) is 46.8. The highest BCUT2D eigenvalue weighted by molar-refractivity contribution is 5.71. The molecule has 0 aromatic rings. The van der Waals surface area contributed by atoms with Gasteiger partial charge in [-0.05, 0) is 44.9 Å². The van der Waals surface area contributed by atoms with Gasteiger partial charge in [0.1, 0.15) is 13.2 Å². The maximum Gasteiger partial charge on any atom is 0.306 e. The number of allylic oxidation sites excluding steroid dienone is 8. The highest BCUT2D eigenvalue weighted by Gasteiger charge is 2.19. The van der Waals surface area contributed by atoms with E-state index in [1.807, 2.05) is 6.08 Å². The number of ether oxygens (including phenoxy) is 3. The molecule has 6 heteroatoms. The third-order valence-corrected chi connectivity index (χ3v) is 13.6. The molecule has 0 radical (unpaired) electrons. The van der Waals surface area contributed by atoms with Crippen LogP contribution in [0.5, 0.6) is 0 Å². The van der Waals surface area contributed by atoms with Gasteiger partial charge in [0.15, 0.2) is 6.10 Å². The van der Waals surface area contributed by atoms with Crippen molar-refractivity contribution in [2.24, 2.45) is 0 Å². The van der Waals surface area contributed by atoms with Crippen LogP contribution in [-0.2, 0) is 28.6 Å². The van der Waals surface area contributed by atoms with Gasteiger partial charge in [-0.3, -0.25) is 14.4 Å². The minimum absolute atomic E-state index is 0.0902. The largest absolute Gasteiger partial charge is 0.462 e. The van der Waals surface area contributed by atoms with Gasteiger partial charge in [0.25, 0.3) is 0 Å². The molecule has 408 valence electrons. The van der Waals surface area contributed by atoms with Crippen LogP contribution in [0.3, 0.4) is 0 Å². The second-order valence-electron chi connectivity index (χ2n) is 20.6. The Morgan fingerprint density at radius 1 is 0.300 bits per heavy atom. The van der Waals surface area contributed by atoms with Crippen molar-refractivity contribution in [2.75, 3.05) is 13.2 Å². The SMILES string of the molecule is CC/C=C\C/C=C\C/C=C\C/C=C\CCC(=O)OCC(COC(=O)CCCCCCCCCCCCCCCCCCCCCCCCC)OC(=O)CCCCCCCCCCCCCCCCCC. The highest BCUT2D eigenvalue weighted by atomic mass is 16.6. The first kappa shape index (κ1) is 67.4. The number of unbranched alkanes of at least 4 members (excludes halogenated alkanes) is 37. The van der Waals surface area contributed by atoms with E-state index in [1.54, 1.807) is 0 Å². The van der Waals surface area contributed by atoms with Gasteiger partial charge in [0, 0.05) is 19.3 Å². The molecule has 0 saturated carbocycles. The smallest absolute Gasteiger partial charge is 0.306 e. The molecule has 1 unspecified atom stereocenters. The molecule has 0 aromatic carbocycles. The van der Waals surface area contributed by atoms with Crippen LogP contribution in [0.2, 0.25) is 0 Å². The molecular formula is C64H116O6. The lowest BCUT2D eigenvalue weighted by atomic mass is 10.0. The molecule has 0 N–H and O–H groups in total. The first-order valence-corrected chi connectivity index (χ1v) is 30.6. The Kier molecular flexibility index (Phi) is 56.7. The fourth-order valence-electron chi connectivity index (χ4n) is 9.05. The van der Waals surface area contributed by atoms with Gasteiger partial charge < -0.3 is 14.2 Å². The van der Waals surface area contributed by atoms with Crippen molar-refractivity contribution < 1.29 is 28.6 Å². The number of hydrogen-bond donors (Lipinski definition) is 0. The first-order valence-electron chi connectivity index (χ1n) is 30.6. The summed E-state index contributed by atoms with van der Waals surface area (Å²) in [7, 11) is 0. The minimum atomic E-state index is -0.798. The summed E-state index contributed by atoms with van der Waals surface area (Å²) < 4.78 is 16.8. The number of hydrogen-bond acceptors (Lipinski definition) is 6. The standard InChI is InChI=1S/C64H116O6/c1-4-7-10-13-16-19-22-25-27-29-30-31-32-33-34-35-37-39-42-45-48-51-54-57-63(66)69-60-61(59-68-62(65)56-53-50-47-44-41-38-24-21-18-15-12-9-6-3)70-64(67)58-55-52-49-46-43-40-36-28-26-23-20-17-14-11-8-5-2/h9,12,18,21,38,41,47,50,61H,4-8,10-11,13-17,19-20,22-37,39-40,42-46,48-49,51-60H2,1-3H3/b12-9-,21-18-,41-38-,50-47-. The molecule has 0 rings (SSSR count). The van der Waals surface area contributed by atoms with Crippen LogP contribution in [0.4, 0.5) is 0 Å². The summed E-state index contributed by atoms with van der Waals surface area (Å²) >= 11 is 0. The van der Waals surface area contributed by atoms with Crippen LogP contribution in [0.1, 0.15) is 323 Å². The van der Waals surface area contributed by atoms with Gasteiger partial charge in [0.2, 0.25) is 0 Å². The van der Waals surface area contributed by atoms with E-state index in [0.29, 0.717) is 19.3 Å². The zero-order chi connectivity index (χ0) is 50.7. The Morgan fingerprint density at radius 2 is 0.557 bits per heavy atom. The van der Waals surface area contributed by atoms with E-state index in [-0.39, 0.29) is 37.5 Å². The normalized spacial score (nSPS) is 12.3. The molecular weight excluding hydrogens is 865 g/mol. The maximum atomic E-state index is 12.9. The molecule has 0 aliphatic carbocycles. The van der Waals surface area contributed by atoms with Crippen LogP contribution in [0.25, 0.3) is 0 Å². The molecule has 0 aliphatic heterocycles. The van der Waals surface area contributed by atoms with E-state index in [1.165, 1.54) is 212 Å². The van der Waals surface area contributed by atoms with Gasteiger partial charge in [-0.1, -0.05) is 307 Å². The Hall–Kier alpha value is -2.63. The highest BCUT2D eigenvalue weighted by Crippen LogP contribution is 2.18. The van der Waals surface area contributed by atoms with E-state index < -0.39 is 6.10 Å². The lowest BCUT2D eigenvalue weighted by Gasteiger charge is -2.18. The first-order chi connectivity index (χ1) is 34.5. The fraction of sp³-hybridized carbons (Fsp3) is 0.828. The fourth-order valence-corrected chi connectivity index (χ4v) is 9.05. The second kappa shape index (κ2) is 58.9. The third-order valence-electron chi connectivity index (χ3n) is 13.6. The molecule has 0 aliphatic rings. The molecule has 0 aromatic heterocycles. The predicted octanol–water partition coefficient (Wildman–Crippen LogP) is 20.6. The van der Waals surface area contributed by atoms with Crippen LogP contribution >= 0.6 is 0 Å². The number of carbonyl (C=O) groups is 3. The van der Waals surface area contributed by atoms with Crippen molar-refractivity contribution in [1.82, 2.24) is 0 Å². The van der Waals surface area contributed by atoms with E-state index in [0.717, 1.165) is 64.2 Å². The molecule has 0 bridgehead atoms. The van der Waals surface area contributed by atoms with Gasteiger partial charge >= 0.3 is 17.9 Å². The summed E-state index contributed by atoms with van der Waals surface area (Å²) in [6.45, 7) is 6.51. The van der Waals surface area contributed by atoms with Crippen molar-refractivity contribution in [1.29, 1.82) is 0 Å².